The average Bonchev–Trinajstić information content (AvgIpc) is 2.75. The van der Waals surface area contributed by atoms with E-state index in [4.69, 9.17) is 5.73 Å². The molecule has 2 rings (SSSR count). The summed E-state index contributed by atoms with van der Waals surface area (Å²) in [6.45, 7) is 0.169. The summed E-state index contributed by atoms with van der Waals surface area (Å²) >= 11 is 0. The first kappa shape index (κ1) is 13.8. The molecular formula is C10H12FN3O4S. The molecule has 2 N–H and O–H groups in total. The van der Waals surface area contributed by atoms with Crippen molar-refractivity contribution in [2.24, 2.45) is 5.73 Å². The lowest BCUT2D eigenvalue weighted by Gasteiger charge is -2.16. The molecule has 1 aromatic carbocycles. The number of sulfonamides is 1. The molecule has 1 heterocycles. The Balaban J connectivity index is 2.55. The van der Waals surface area contributed by atoms with Gasteiger partial charge in [-0.2, -0.15) is 4.31 Å². The second-order valence-corrected chi connectivity index (χ2v) is 6.13. The Kier molecular flexibility index (Phi) is 3.52. The van der Waals surface area contributed by atoms with Crippen LogP contribution in [0, 0.1) is 15.9 Å². The molecule has 0 aromatic heterocycles. The van der Waals surface area contributed by atoms with Gasteiger partial charge in [0, 0.05) is 25.2 Å². The van der Waals surface area contributed by atoms with Crippen LogP contribution in [0.5, 0.6) is 0 Å². The number of nitrogens with two attached hydrogens (primary N) is 1. The van der Waals surface area contributed by atoms with E-state index in [0.29, 0.717) is 6.42 Å². The molecule has 19 heavy (non-hydrogen) atoms. The largest absolute Gasteiger partial charge is 0.326 e. The molecule has 1 atom stereocenters. The number of nitrogens with zero attached hydrogens (tertiary/aromatic N) is 2. The fourth-order valence-electron chi connectivity index (χ4n) is 2.00. The molecule has 1 saturated heterocycles. The maximum absolute atomic E-state index is 13.7. The van der Waals surface area contributed by atoms with Gasteiger partial charge in [0.2, 0.25) is 0 Å². The third kappa shape index (κ3) is 2.44. The second-order valence-electron chi connectivity index (χ2n) is 4.26. The number of hydrogen-bond donors (Lipinski definition) is 1. The van der Waals surface area contributed by atoms with E-state index in [1.165, 1.54) is 0 Å². The van der Waals surface area contributed by atoms with Crippen LogP contribution in [0.3, 0.4) is 0 Å². The lowest BCUT2D eigenvalue weighted by atomic mass is 10.3. The van der Waals surface area contributed by atoms with E-state index >= 15 is 0 Å². The molecule has 9 heteroatoms. The minimum Gasteiger partial charge on any atom is -0.326 e. The van der Waals surface area contributed by atoms with Crippen LogP contribution >= 0.6 is 0 Å². The number of rotatable bonds is 3. The zero-order valence-corrected chi connectivity index (χ0v) is 10.6. The summed E-state index contributed by atoms with van der Waals surface area (Å²) in [5, 5.41) is 10.8. The van der Waals surface area contributed by atoms with Gasteiger partial charge in [-0.15, -0.1) is 0 Å². The van der Waals surface area contributed by atoms with E-state index < -0.39 is 31.3 Å². The van der Waals surface area contributed by atoms with Crippen molar-refractivity contribution in [1.82, 2.24) is 4.31 Å². The third-order valence-corrected chi connectivity index (χ3v) is 4.86. The van der Waals surface area contributed by atoms with Crippen LogP contribution in [0.15, 0.2) is 23.1 Å². The van der Waals surface area contributed by atoms with Crippen LogP contribution in [0.25, 0.3) is 0 Å². The van der Waals surface area contributed by atoms with Gasteiger partial charge in [-0.1, -0.05) is 6.07 Å². The second kappa shape index (κ2) is 4.83. The third-order valence-electron chi connectivity index (χ3n) is 2.93. The minimum absolute atomic E-state index is 0.0355. The average molecular weight is 289 g/mol. The summed E-state index contributed by atoms with van der Waals surface area (Å²) in [7, 11) is -4.24. The summed E-state index contributed by atoms with van der Waals surface area (Å²) in [5.41, 5.74) is 4.84. The van der Waals surface area contributed by atoms with Crippen molar-refractivity contribution in [2.45, 2.75) is 17.4 Å². The number of nitro benzene ring substituents is 1. The SMILES string of the molecule is NC1CCN(S(=O)(=O)c2c(F)cccc2[N+](=O)[O-])C1. The molecule has 0 aliphatic carbocycles. The van der Waals surface area contributed by atoms with Crippen molar-refractivity contribution in [3.63, 3.8) is 0 Å². The summed E-state index contributed by atoms with van der Waals surface area (Å²) in [5.74, 6) is -1.13. The van der Waals surface area contributed by atoms with Gasteiger partial charge >= 0.3 is 0 Å². The van der Waals surface area contributed by atoms with Crippen molar-refractivity contribution in [1.29, 1.82) is 0 Å². The van der Waals surface area contributed by atoms with Crippen molar-refractivity contribution in [3.05, 3.63) is 34.1 Å². The van der Waals surface area contributed by atoms with Crippen LogP contribution in [0.2, 0.25) is 0 Å². The quantitative estimate of drug-likeness (QED) is 0.642. The highest BCUT2D eigenvalue weighted by Gasteiger charge is 2.37. The molecule has 7 nitrogen and oxygen atoms in total. The van der Waals surface area contributed by atoms with Crippen molar-refractivity contribution in [2.75, 3.05) is 13.1 Å². The van der Waals surface area contributed by atoms with Gasteiger partial charge in [-0.3, -0.25) is 10.1 Å². The molecule has 0 bridgehead atoms. The van der Waals surface area contributed by atoms with Crippen LogP contribution in [0.4, 0.5) is 10.1 Å². The summed E-state index contributed by atoms with van der Waals surface area (Å²) in [4.78, 5) is 9.03. The Morgan fingerprint density at radius 1 is 1.47 bits per heavy atom. The Morgan fingerprint density at radius 3 is 2.68 bits per heavy atom. The number of benzene rings is 1. The first-order chi connectivity index (χ1) is 8.84. The molecule has 0 saturated carbocycles. The molecule has 1 aromatic rings. The molecule has 1 unspecified atom stereocenters. The number of hydrogen-bond acceptors (Lipinski definition) is 5. The minimum atomic E-state index is -4.24. The van der Waals surface area contributed by atoms with Gasteiger partial charge in [0.05, 0.1) is 4.92 Å². The van der Waals surface area contributed by atoms with Gasteiger partial charge in [0.15, 0.2) is 4.90 Å². The van der Waals surface area contributed by atoms with Gasteiger partial charge in [0.1, 0.15) is 5.82 Å². The Hall–Kier alpha value is -1.58. The summed E-state index contributed by atoms with van der Waals surface area (Å²) < 4.78 is 39.2. The molecular weight excluding hydrogens is 277 g/mol. The standard InChI is InChI=1S/C10H12FN3O4S/c11-8-2-1-3-9(14(15)16)10(8)19(17,18)13-5-4-7(12)6-13/h1-3,7H,4-6,12H2. The van der Waals surface area contributed by atoms with Crippen molar-refractivity contribution < 1.29 is 17.7 Å². The smallest absolute Gasteiger partial charge is 0.292 e. The monoisotopic (exact) mass is 289 g/mol. The molecule has 0 spiro atoms. The lowest BCUT2D eigenvalue weighted by Crippen LogP contribution is -2.32. The van der Waals surface area contributed by atoms with Crippen molar-refractivity contribution in [3.8, 4) is 0 Å². The fraction of sp³-hybridized carbons (Fsp3) is 0.400. The maximum atomic E-state index is 13.7. The highest BCUT2D eigenvalue weighted by atomic mass is 32.2. The summed E-state index contributed by atoms with van der Waals surface area (Å²) in [6, 6.07) is 2.62. The van der Waals surface area contributed by atoms with E-state index in [9.17, 15) is 22.9 Å². The first-order valence-corrected chi connectivity index (χ1v) is 6.96. The van der Waals surface area contributed by atoms with Crippen LogP contribution in [0.1, 0.15) is 6.42 Å². The van der Waals surface area contributed by atoms with E-state index in [2.05, 4.69) is 0 Å². The van der Waals surface area contributed by atoms with Crippen LogP contribution < -0.4 is 5.73 Å². The fourth-order valence-corrected chi connectivity index (χ4v) is 3.71. The predicted molar refractivity (Wildman–Crippen MR) is 64.4 cm³/mol. The molecule has 0 amide bonds. The van der Waals surface area contributed by atoms with E-state index in [-0.39, 0.29) is 19.1 Å². The Bertz CT molecular complexity index is 619. The first-order valence-electron chi connectivity index (χ1n) is 5.52. The molecule has 1 fully saturated rings. The van der Waals surface area contributed by atoms with E-state index in [0.717, 1.165) is 22.5 Å². The van der Waals surface area contributed by atoms with Gasteiger partial charge < -0.3 is 5.73 Å². The maximum Gasteiger partial charge on any atom is 0.292 e. The number of halogens is 1. The van der Waals surface area contributed by atoms with Gasteiger partial charge in [-0.05, 0) is 12.5 Å². The van der Waals surface area contributed by atoms with Crippen molar-refractivity contribution >= 4 is 15.7 Å². The topological polar surface area (TPSA) is 107 Å². The Morgan fingerprint density at radius 2 is 2.16 bits per heavy atom. The van der Waals surface area contributed by atoms with E-state index in [1.54, 1.807) is 0 Å². The lowest BCUT2D eigenvalue weighted by molar-refractivity contribution is -0.388. The zero-order chi connectivity index (χ0) is 14.2. The van der Waals surface area contributed by atoms with Gasteiger partial charge in [0.25, 0.3) is 15.7 Å². The van der Waals surface area contributed by atoms with Crippen LogP contribution in [-0.4, -0.2) is 36.8 Å². The van der Waals surface area contributed by atoms with Gasteiger partial charge in [-0.25, -0.2) is 12.8 Å². The number of nitro groups is 1. The summed E-state index contributed by atoms with van der Waals surface area (Å²) in [6.07, 6.45) is 0.446. The normalized spacial score (nSPS) is 20.6. The molecule has 1 aliphatic heterocycles. The van der Waals surface area contributed by atoms with Crippen LogP contribution in [-0.2, 0) is 10.0 Å². The highest BCUT2D eigenvalue weighted by molar-refractivity contribution is 7.89. The highest BCUT2D eigenvalue weighted by Crippen LogP contribution is 2.30. The molecule has 1 aliphatic rings. The van der Waals surface area contributed by atoms with E-state index in [1.807, 2.05) is 0 Å². The predicted octanol–water partition coefficient (Wildman–Crippen LogP) is 0.456. The molecule has 0 radical (unpaired) electrons. The Labute approximate surface area is 109 Å². The zero-order valence-electron chi connectivity index (χ0n) is 9.82. The molecule has 104 valence electrons.